The fourth-order valence-electron chi connectivity index (χ4n) is 1.82. The van der Waals surface area contributed by atoms with Crippen LogP contribution in [0.5, 0.6) is 0 Å². The van der Waals surface area contributed by atoms with Gasteiger partial charge < -0.3 is 15.4 Å². The lowest BCUT2D eigenvalue weighted by Crippen LogP contribution is -2.43. The van der Waals surface area contributed by atoms with Crippen LogP contribution in [0.15, 0.2) is 30.3 Å². The summed E-state index contributed by atoms with van der Waals surface area (Å²) in [6, 6.07) is 8.04. The van der Waals surface area contributed by atoms with Gasteiger partial charge in [-0.25, -0.2) is 4.79 Å². The predicted octanol–water partition coefficient (Wildman–Crippen LogP) is 0.230. The van der Waals surface area contributed by atoms with E-state index in [0.29, 0.717) is 17.2 Å². The third-order valence-electron chi connectivity index (χ3n) is 2.79. The van der Waals surface area contributed by atoms with Crippen molar-refractivity contribution in [2.45, 2.75) is 6.04 Å². The molecule has 106 valence electrons. The van der Waals surface area contributed by atoms with Crippen molar-refractivity contribution in [2.24, 2.45) is 5.73 Å². The third-order valence-corrected chi connectivity index (χ3v) is 3.80. The molecule has 1 atom stereocenters. The number of ether oxygens (including phenoxy) is 1. The molecule has 1 aromatic rings. The summed E-state index contributed by atoms with van der Waals surface area (Å²) in [6.45, 7) is -0.465. The minimum atomic E-state index is -0.718. The van der Waals surface area contributed by atoms with Crippen LogP contribution in [-0.4, -0.2) is 47.0 Å². The highest BCUT2D eigenvalue weighted by Gasteiger charge is 2.36. The quantitative estimate of drug-likeness (QED) is 0.803. The van der Waals surface area contributed by atoms with Crippen molar-refractivity contribution in [3.8, 4) is 0 Å². The van der Waals surface area contributed by atoms with E-state index in [-0.39, 0.29) is 5.91 Å². The number of nitrogens with two attached hydrogens (primary N) is 1. The highest BCUT2D eigenvalue weighted by Crippen LogP contribution is 2.24. The lowest BCUT2D eigenvalue weighted by atomic mass is 10.2. The zero-order valence-electron chi connectivity index (χ0n) is 10.7. The van der Waals surface area contributed by atoms with Crippen molar-refractivity contribution < 1.29 is 19.1 Å². The summed E-state index contributed by atoms with van der Waals surface area (Å²) < 4.78 is 4.78. The maximum atomic E-state index is 12.3. The molecule has 2 rings (SSSR count). The van der Waals surface area contributed by atoms with Gasteiger partial charge in [-0.1, -0.05) is 18.2 Å². The van der Waals surface area contributed by atoms with E-state index < -0.39 is 24.5 Å². The van der Waals surface area contributed by atoms with Gasteiger partial charge in [-0.15, -0.1) is 11.8 Å². The second-order valence-electron chi connectivity index (χ2n) is 4.23. The number of rotatable bonds is 4. The fraction of sp³-hybridized carbons (Fsp3) is 0.308. The van der Waals surface area contributed by atoms with Crippen molar-refractivity contribution in [3.05, 3.63) is 35.9 Å². The van der Waals surface area contributed by atoms with Gasteiger partial charge in [0.05, 0.1) is 5.88 Å². The smallest absolute Gasteiger partial charge is 0.330 e. The van der Waals surface area contributed by atoms with Gasteiger partial charge in [-0.3, -0.25) is 9.59 Å². The Morgan fingerprint density at radius 1 is 1.30 bits per heavy atom. The topological polar surface area (TPSA) is 89.7 Å². The van der Waals surface area contributed by atoms with E-state index in [1.807, 2.05) is 6.07 Å². The second kappa shape index (κ2) is 6.42. The SMILES string of the molecule is NC(=O)COC(=O)[C@@H]1CSCN1C(=O)c1ccccc1. The first-order valence-corrected chi connectivity index (χ1v) is 7.14. The summed E-state index contributed by atoms with van der Waals surface area (Å²) in [7, 11) is 0. The number of primary amides is 1. The Hall–Kier alpha value is -2.02. The number of benzene rings is 1. The fourth-order valence-corrected chi connectivity index (χ4v) is 2.96. The number of carbonyl (C=O) groups is 3. The summed E-state index contributed by atoms with van der Waals surface area (Å²) in [5, 5.41) is 0. The van der Waals surface area contributed by atoms with E-state index in [0.717, 1.165) is 0 Å². The van der Waals surface area contributed by atoms with E-state index in [9.17, 15) is 14.4 Å². The molecule has 2 amide bonds. The third kappa shape index (κ3) is 3.30. The monoisotopic (exact) mass is 294 g/mol. The Morgan fingerprint density at radius 3 is 2.65 bits per heavy atom. The maximum absolute atomic E-state index is 12.3. The van der Waals surface area contributed by atoms with Crippen molar-refractivity contribution in [2.75, 3.05) is 18.2 Å². The Morgan fingerprint density at radius 2 is 2.00 bits per heavy atom. The van der Waals surface area contributed by atoms with Crippen LogP contribution in [0.3, 0.4) is 0 Å². The molecular weight excluding hydrogens is 280 g/mol. The van der Waals surface area contributed by atoms with Crippen LogP contribution < -0.4 is 5.73 Å². The van der Waals surface area contributed by atoms with Crippen LogP contribution in [0.1, 0.15) is 10.4 Å². The molecule has 1 aliphatic heterocycles. The molecule has 1 aromatic carbocycles. The van der Waals surface area contributed by atoms with Gasteiger partial charge in [0.25, 0.3) is 11.8 Å². The minimum Gasteiger partial charge on any atom is -0.454 e. The van der Waals surface area contributed by atoms with Crippen molar-refractivity contribution in [1.82, 2.24) is 4.90 Å². The highest BCUT2D eigenvalue weighted by atomic mass is 32.2. The lowest BCUT2D eigenvalue weighted by molar-refractivity contribution is -0.151. The number of nitrogens with zero attached hydrogens (tertiary/aromatic N) is 1. The van der Waals surface area contributed by atoms with Gasteiger partial charge >= 0.3 is 5.97 Å². The Kier molecular flexibility index (Phi) is 4.62. The Bertz CT molecular complexity index is 520. The van der Waals surface area contributed by atoms with Crippen LogP contribution in [0.4, 0.5) is 0 Å². The molecule has 1 saturated heterocycles. The Balaban J connectivity index is 2.05. The molecule has 0 aromatic heterocycles. The van der Waals surface area contributed by atoms with Crippen molar-refractivity contribution in [1.29, 1.82) is 0 Å². The minimum absolute atomic E-state index is 0.225. The first-order valence-electron chi connectivity index (χ1n) is 5.98. The summed E-state index contributed by atoms with van der Waals surface area (Å²) in [5.41, 5.74) is 5.44. The molecule has 0 aliphatic carbocycles. The van der Waals surface area contributed by atoms with E-state index in [1.54, 1.807) is 24.3 Å². The number of hydrogen-bond acceptors (Lipinski definition) is 5. The molecule has 20 heavy (non-hydrogen) atoms. The van der Waals surface area contributed by atoms with Gasteiger partial charge in [0.2, 0.25) is 0 Å². The molecule has 1 heterocycles. The molecule has 1 fully saturated rings. The standard InChI is InChI=1S/C13H14N2O4S/c14-11(16)6-19-13(18)10-7-20-8-15(10)12(17)9-4-2-1-3-5-9/h1-5,10H,6-8H2,(H2,14,16)/t10-/m0/s1. The van der Waals surface area contributed by atoms with Gasteiger partial charge in [0.1, 0.15) is 6.04 Å². The molecule has 7 heteroatoms. The van der Waals surface area contributed by atoms with Crippen LogP contribution >= 0.6 is 11.8 Å². The number of amides is 2. The summed E-state index contributed by atoms with van der Waals surface area (Å²) in [4.78, 5) is 36.2. The second-order valence-corrected chi connectivity index (χ2v) is 5.23. The summed E-state index contributed by atoms with van der Waals surface area (Å²) in [6.07, 6.45) is 0. The average Bonchev–Trinajstić information content (AvgIpc) is 2.94. The van der Waals surface area contributed by atoms with Gasteiger partial charge in [0, 0.05) is 11.3 Å². The van der Waals surface area contributed by atoms with Crippen molar-refractivity contribution >= 4 is 29.5 Å². The molecule has 0 radical (unpaired) electrons. The molecule has 1 aliphatic rings. The van der Waals surface area contributed by atoms with E-state index >= 15 is 0 Å². The van der Waals surface area contributed by atoms with Gasteiger partial charge in [0.15, 0.2) is 6.61 Å². The Labute approximate surface area is 120 Å². The van der Waals surface area contributed by atoms with Gasteiger partial charge in [-0.2, -0.15) is 0 Å². The molecule has 0 saturated carbocycles. The summed E-state index contributed by atoms with van der Waals surface area (Å²) >= 11 is 1.46. The zero-order chi connectivity index (χ0) is 14.5. The molecule has 6 nitrogen and oxygen atoms in total. The number of hydrogen-bond donors (Lipinski definition) is 1. The largest absolute Gasteiger partial charge is 0.454 e. The highest BCUT2D eigenvalue weighted by molar-refractivity contribution is 7.99. The number of carbonyl (C=O) groups excluding carboxylic acids is 3. The van der Waals surface area contributed by atoms with E-state index in [4.69, 9.17) is 10.5 Å². The molecule has 2 N–H and O–H groups in total. The lowest BCUT2D eigenvalue weighted by Gasteiger charge is -2.22. The van der Waals surface area contributed by atoms with Crippen molar-refractivity contribution in [3.63, 3.8) is 0 Å². The first kappa shape index (κ1) is 14.4. The molecule has 0 unspecified atom stereocenters. The maximum Gasteiger partial charge on any atom is 0.330 e. The predicted molar refractivity (Wildman–Crippen MR) is 73.9 cm³/mol. The van der Waals surface area contributed by atoms with Crippen LogP contribution in [0, 0.1) is 0 Å². The van der Waals surface area contributed by atoms with E-state index in [2.05, 4.69) is 0 Å². The van der Waals surface area contributed by atoms with Crippen LogP contribution in [0.25, 0.3) is 0 Å². The van der Waals surface area contributed by atoms with E-state index in [1.165, 1.54) is 16.7 Å². The molecular formula is C13H14N2O4S. The van der Waals surface area contributed by atoms with Crippen LogP contribution in [0.2, 0.25) is 0 Å². The normalized spacial score (nSPS) is 17.8. The zero-order valence-corrected chi connectivity index (χ0v) is 11.5. The average molecular weight is 294 g/mol. The number of thioether (sulfide) groups is 1. The molecule has 0 bridgehead atoms. The van der Waals surface area contributed by atoms with Gasteiger partial charge in [-0.05, 0) is 12.1 Å². The van der Waals surface area contributed by atoms with Crippen LogP contribution in [-0.2, 0) is 14.3 Å². The summed E-state index contributed by atoms with van der Waals surface area (Å²) in [5.74, 6) is -0.667. The number of esters is 1. The first-order chi connectivity index (χ1) is 9.59. The molecule has 0 spiro atoms.